The molecule has 19 heavy (non-hydrogen) atoms. The molecule has 1 aromatic heterocycles. The van der Waals surface area contributed by atoms with Gasteiger partial charge in [-0.1, -0.05) is 23.5 Å². The van der Waals surface area contributed by atoms with Crippen LogP contribution in [0.25, 0.3) is 10.2 Å². The number of carboxylic acids is 1. The van der Waals surface area contributed by atoms with E-state index >= 15 is 0 Å². The molecule has 0 spiro atoms. The number of hydrogen-bond acceptors (Lipinski definition) is 4. The summed E-state index contributed by atoms with van der Waals surface area (Å²) >= 11 is 1.45. The molecule has 0 aliphatic rings. The van der Waals surface area contributed by atoms with E-state index in [1.54, 1.807) is 12.1 Å². The van der Waals surface area contributed by atoms with Gasteiger partial charge in [-0.3, -0.25) is 0 Å². The minimum absolute atomic E-state index is 0.233. The summed E-state index contributed by atoms with van der Waals surface area (Å²) < 4.78 is 6.67. The van der Waals surface area contributed by atoms with Gasteiger partial charge in [0.2, 0.25) is 0 Å². The van der Waals surface area contributed by atoms with E-state index in [-0.39, 0.29) is 5.56 Å². The average Bonchev–Trinajstić information content (AvgIpc) is 2.81. The Morgan fingerprint density at radius 1 is 1.11 bits per heavy atom. The van der Waals surface area contributed by atoms with Crippen LogP contribution in [0.3, 0.4) is 0 Å². The number of aromatic carboxylic acids is 1. The molecule has 3 rings (SSSR count). The van der Waals surface area contributed by atoms with Gasteiger partial charge >= 0.3 is 5.97 Å². The first-order valence-electron chi connectivity index (χ1n) is 5.59. The summed E-state index contributed by atoms with van der Waals surface area (Å²) in [5.74, 6) is -0.379. The highest BCUT2D eigenvalue weighted by atomic mass is 32.1. The minimum Gasteiger partial charge on any atom is -0.478 e. The second kappa shape index (κ2) is 4.70. The highest BCUT2D eigenvalue weighted by Gasteiger charge is 2.06. The number of nitrogens with zero attached hydrogens (tertiary/aromatic N) is 1. The molecule has 0 radical (unpaired) electrons. The molecule has 0 saturated heterocycles. The van der Waals surface area contributed by atoms with Gasteiger partial charge in [-0.25, -0.2) is 9.78 Å². The summed E-state index contributed by atoms with van der Waals surface area (Å²) in [6.07, 6.45) is 0. The Labute approximate surface area is 112 Å². The molecular weight excluding hydrogens is 262 g/mol. The van der Waals surface area contributed by atoms with Crippen molar-refractivity contribution in [2.75, 3.05) is 0 Å². The maximum Gasteiger partial charge on any atom is 0.335 e. The van der Waals surface area contributed by atoms with Gasteiger partial charge in [-0.05, 0) is 36.4 Å². The van der Waals surface area contributed by atoms with Crippen molar-refractivity contribution in [3.05, 3.63) is 54.1 Å². The number of ether oxygens (including phenoxy) is 1. The summed E-state index contributed by atoms with van der Waals surface area (Å²) in [6, 6.07) is 14.0. The van der Waals surface area contributed by atoms with E-state index in [1.165, 1.54) is 23.5 Å². The zero-order valence-corrected chi connectivity index (χ0v) is 10.6. The number of fused-ring (bicyclic) bond motifs is 1. The minimum atomic E-state index is -0.952. The Morgan fingerprint density at radius 2 is 1.84 bits per heavy atom. The molecular formula is C14H9NO3S. The van der Waals surface area contributed by atoms with Crippen LogP contribution in [0.4, 0.5) is 0 Å². The number of rotatable bonds is 3. The molecule has 4 nitrogen and oxygen atoms in total. The lowest BCUT2D eigenvalue weighted by Gasteiger charge is -2.01. The van der Waals surface area contributed by atoms with Crippen molar-refractivity contribution in [2.24, 2.45) is 0 Å². The van der Waals surface area contributed by atoms with Crippen molar-refractivity contribution < 1.29 is 14.6 Å². The van der Waals surface area contributed by atoms with Gasteiger partial charge in [0.05, 0.1) is 15.8 Å². The molecule has 94 valence electrons. The van der Waals surface area contributed by atoms with E-state index in [1.807, 2.05) is 24.3 Å². The predicted octanol–water partition coefficient (Wildman–Crippen LogP) is 3.79. The van der Waals surface area contributed by atoms with E-state index in [2.05, 4.69) is 4.98 Å². The molecule has 3 aromatic rings. The summed E-state index contributed by atoms with van der Waals surface area (Å²) in [5.41, 5.74) is 1.13. The van der Waals surface area contributed by atoms with Gasteiger partial charge in [0.1, 0.15) is 5.75 Å². The van der Waals surface area contributed by atoms with E-state index in [4.69, 9.17) is 9.84 Å². The van der Waals surface area contributed by atoms with Crippen molar-refractivity contribution >= 4 is 27.5 Å². The number of para-hydroxylation sites is 1. The van der Waals surface area contributed by atoms with Crippen LogP contribution >= 0.6 is 11.3 Å². The Balaban J connectivity index is 1.86. The first kappa shape index (κ1) is 11.7. The molecule has 1 heterocycles. The molecule has 0 amide bonds. The molecule has 0 unspecified atom stereocenters. The third-order valence-electron chi connectivity index (χ3n) is 2.58. The molecule has 0 fully saturated rings. The van der Waals surface area contributed by atoms with Gasteiger partial charge in [0.15, 0.2) is 0 Å². The fourth-order valence-electron chi connectivity index (χ4n) is 1.66. The van der Waals surface area contributed by atoms with Crippen LogP contribution < -0.4 is 4.74 Å². The molecule has 0 atom stereocenters. The Kier molecular flexibility index (Phi) is 2.89. The van der Waals surface area contributed by atoms with Crippen LogP contribution in [0.1, 0.15) is 10.4 Å². The third-order valence-corrected chi connectivity index (χ3v) is 3.50. The van der Waals surface area contributed by atoms with Crippen LogP contribution in [-0.4, -0.2) is 16.1 Å². The molecule has 1 N–H and O–H groups in total. The highest BCUT2D eigenvalue weighted by molar-refractivity contribution is 7.20. The monoisotopic (exact) mass is 271 g/mol. The van der Waals surface area contributed by atoms with Gasteiger partial charge in [-0.15, -0.1) is 0 Å². The molecule has 2 aromatic carbocycles. The summed E-state index contributed by atoms with van der Waals surface area (Å²) in [4.78, 5) is 15.1. The Morgan fingerprint density at radius 3 is 2.53 bits per heavy atom. The molecule has 0 saturated carbocycles. The fraction of sp³-hybridized carbons (Fsp3) is 0. The zero-order chi connectivity index (χ0) is 13.2. The van der Waals surface area contributed by atoms with Crippen molar-refractivity contribution in [3.8, 4) is 10.9 Å². The topological polar surface area (TPSA) is 59.4 Å². The summed E-state index contributed by atoms with van der Waals surface area (Å²) in [7, 11) is 0. The van der Waals surface area contributed by atoms with E-state index in [9.17, 15) is 4.79 Å². The van der Waals surface area contributed by atoms with Crippen molar-refractivity contribution in [1.82, 2.24) is 4.98 Å². The number of hydrogen-bond donors (Lipinski definition) is 1. The average molecular weight is 271 g/mol. The number of aromatic nitrogens is 1. The van der Waals surface area contributed by atoms with E-state index < -0.39 is 5.97 Å². The van der Waals surface area contributed by atoms with Gasteiger partial charge in [0.25, 0.3) is 5.19 Å². The lowest BCUT2D eigenvalue weighted by molar-refractivity contribution is 0.0697. The standard InChI is InChI=1S/C14H9NO3S/c16-13(17)9-5-7-10(8-6-9)18-14-15-11-3-1-2-4-12(11)19-14/h1-8H,(H,16,17). The molecule has 0 aliphatic carbocycles. The van der Waals surface area contributed by atoms with Crippen LogP contribution in [0.2, 0.25) is 0 Å². The van der Waals surface area contributed by atoms with Crippen LogP contribution in [0, 0.1) is 0 Å². The SMILES string of the molecule is O=C(O)c1ccc(Oc2nc3ccccc3s2)cc1. The second-order valence-corrected chi connectivity index (χ2v) is 4.87. The van der Waals surface area contributed by atoms with Crippen molar-refractivity contribution in [2.45, 2.75) is 0 Å². The second-order valence-electron chi connectivity index (χ2n) is 3.88. The fourth-order valence-corrected chi connectivity index (χ4v) is 2.50. The van der Waals surface area contributed by atoms with E-state index in [0.29, 0.717) is 10.9 Å². The Hall–Kier alpha value is -2.40. The first-order chi connectivity index (χ1) is 9.22. The number of carbonyl (C=O) groups is 1. The third kappa shape index (κ3) is 2.41. The van der Waals surface area contributed by atoms with Gasteiger partial charge in [-0.2, -0.15) is 0 Å². The molecule has 0 aliphatic heterocycles. The molecule has 0 bridgehead atoms. The van der Waals surface area contributed by atoms with Gasteiger partial charge < -0.3 is 9.84 Å². The lowest BCUT2D eigenvalue weighted by Crippen LogP contribution is -1.95. The number of thiazole rings is 1. The number of benzene rings is 2. The number of carboxylic acid groups (broad SMARTS) is 1. The maximum atomic E-state index is 10.7. The predicted molar refractivity (Wildman–Crippen MR) is 73.1 cm³/mol. The van der Waals surface area contributed by atoms with Gasteiger partial charge in [0, 0.05) is 0 Å². The highest BCUT2D eigenvalue weighted by Crippen LogP contribution is 2.30. The summed E-state index contributed by atoms with van der Waals surface area (Å²) in [6.45, 7) is 0. The first-order valence-corrected chi connectivity index (χ1v) is 6.41. The smallest absolute Gasteiger partial charge is 0.335 e. The van der Waals surface area contributed by atoms with Crippen LogP contribution in [0.5, 0.6) is 10.9 Å². The van der Waals surface area contributed by atoms with Crippen LogP contribution in [0.15, 0.2) is 48.5 Å². The van der Waals surface area contributed by atoms with Crippen molar-refractivity contribution in [1.29, 1.82) is 0 Å². The maximum absolute atomic E-state index is 10.7. The summed E-state index contributed by atoms with van der Waals surface area (Å²) in [5, 5.41) is 9.36. The van der Waals surface area contributed by atoms with Crippen LogP contribution in [-0.2, 0) is 0 Å². The zero-order valence-electron chi connectivity index (χ0n) is 9.74. The Bertz CT molecular complexity index is 701. The normalized spacial score (nSPS) is 10.5. The van der Waals surface area contributed by atoms with E-state index in [0.717, 1.165) is 10.2 Å². The lowest BCUT2D eigenvalue weighted by atomic mass is 10.2. The van der Waals surface area contributed by atoms with Crippen molar-refractivity contribution in [3.63, 3.8) is 0 Å². The molecule has 5 heteroatoms. The largest absolute Gasteiger partial charge is 0.478 e. The quantitative estimate of drug-likeness (QED) is 0.787.